The van der Waals surface area contributed by atoms with Crippen molar-refractivity contribution in [2.45, 2.75) is 76.8 Å². The molecule has 5 rings (SSSR count). The molecular weight excluding hydrogens is 394 g/mol. The van der Waals surface area contributed by atoms with Gasteiger partial charge < -0.3 is 5.32 Å². The molecule has 0 unspecified atom stereocenters. The van der Waals surface area contributed by atoms with E-state index in [4.69, 9.17) is 0 Å². The molecule has 2 aromatic rings. The first-order valence-corrected chi connectivity index (χ1v) is 12.5. The third-order valence-electron chi connectivity index (χ3n) is 7.99. The van der Waals surface area contributed by atoms with E-state index in [2.05, 4.69) is 71.4 Å². The lowest BCUT2D eigenvalue weighted by Gasteiger charge is -2.40. The summed E-state index contributed by atoms with van der Waals surface area (Å²) in [6.45, 7) is 8.32. The molecule has 1 saturated heterocycles. The van der Waals surface area contributed by atoms with Crippen LogP contribution < -0.4 is 10.2 Å². The van der Waals surface area contributed by atoms with Crippen LogP contribution in [-0.4, -0.2) is 36.6 Å². The van der Waals surface area contributed by atoms with Gasteiger partial charge in [-0.2, -0.15) is 0 Å². The molecular formula is C28H37N3O. The van der Waals surface area contributed by atoms with Gasteiger partial charge in [0.05, 0.1) is 0 Å². The second kappa shape index (κ2) is 8.90. The number of carbonyl (C=O) groups is 1. The summed E-state index contributed by atoms with van der Waals surface area (Å²) in [4.78, 5) is 18.0. The molecule has 0 aromatic heterocycles. The Balaban J connectivity index is 1.30. The van der Waals surface area contributed by atoms with Gasteiger partial charge in [0.25, 0.3) is 0 Å². The number of carbonyl (C=O) groups excluding carboxylic acids is 1. The number of amides is 2. The van der Waals surface area contributed by atoms with Gasteiger partial charge in [-0.1, -0.05) is 66.8 Å². The lowest BCUT2D eigenvalue weighted by Crippen LogP contribution is -2.49. The van der Waals surface area contributed by atoms with Crippen molar-refractivity contribution >= 4 is 11.7 Å². The number of aryl methyl sites for hydroxylation is 2. The van der Waals surface area contributed by atoms with Crippen molar-refractivity contribution in [1.29, 1.82) is 0 Å². The molecule has 1 spiro atoms. The highest BCUT2D eigenvalue weighted by Gasteiger charge is 2.46. The number of anilines is 1. The van der Waals surface area contributed by atoms with Gasteiger partial charge in [0, 0.05) is 30.2 Å². The van der Waals surface area contributed by atoms with Gasteiger partial charge in [-0.25, -0.2) is 4.79 Å². The molecule has 4 heteroatoms. The molecule has 32 heavy (non-hydrogen) atoms. The van der Waals surface area contributed by atoms with Crippen LogP contribution in [0.2, 0.25) is 0 Å². The maximum atomic E-state index is 13.3. The highest BCUT2D eigenvalue weighted by Crippen LogP contribution is 2.47. The number of urea groups is 1. The maximum Gasteiger partial charge on any atom is 0.322 e. The zero-order chi connectivity index (χ0) is 22.1. The monoisotopic (exact) mass is 431 g/mol. The van der Waals surface area contributed by atoms with E-state index in [9.17, 15) is 4.79 Å². The molecule has 2 aliphatic heterocycles. The summed E-state index contributed by atoms with van der Waals surface area (Å²) < 4.78 is 0. The van der Waals surface area contributed by atoms with Gasteiger partial charge in [-0.3, -0.25) is 9.80 Å². The van der Waals surface area contributed by atoms with Crippen LogP contribution in [0.1, 0.15) is 67.2 Å². The smallest absolute Gasteiger partial charge is 0.322 e. The number of likely N-dealkylation sites (tertiary alicyclic amines) is 1. The van der Waals surface area contributed by atoms with Crippen LogP contribution >= 0.6 is 0 Å². The first-order valence-electron chi connectivity index (χ1n) is 12.5. The molecule has 2 aromatic carbocycles. The molecule has 1 saturated carbocycles. The zero-order valence-corrected chi connectivity index (χ0v) is 19.7. The Bertz CT molecular complexity index is 953. The summed E-state index contributed by atoms with van der Waals surface area (Å²) in [5, 5.41) is 3.36. The first-order chi connectivity index (χ1) is 15.5. The topological polar surface area (TPSA) is 35.6 Å². The lowest BCUT2D eigenvalue weighted by molar-refractivity contribution is 0.159. The van der Waals surface area contributed by atoms with Crippen molar-refractivity contribution in [3.05, 3.63) is 64.7 Å². The van der Waals surface area contributed by atoms with E-state index in [1.165, 1.54) is 41.5 Å². The van der Waals surface area contributed by atoms with Crippen molar-refractivity contribution < 1.29 is 4.79 Å². The van der Waals surface area contributed by atoms with Crippen molar-refractivity contribution in [3.63, 3.8) is 0 Å². The van der Waals surface area contributed by atoms with Crippen LogP contribution in [0.15, 0.2) is 42.5 Å². The Labute approximate surface area is 193 Å². The number of hydrogen-bond acceptors (Lipinski definition) is 2. The van der Waals surface area contributed by atoms with E-state index in [1.807, 2.05) is 0 Å². The van der Waals surface area contributed by atoms with E-state index in [-0.39, 0.29) is 11.4 Å². The Morgan fingerprint density at radius 3 is 2.38 bits per heavy atom. The Morgan fingerprint density at radius 1 is 0.969 bits per heavy atom. The standard InChI is InChI=1S/C28H37N3O/c1-21-8-11-23(12-9-21)19-30-16-14-28(15-17-30)20-31(26-13-10-22(2)18-25(26)28)27(32)29-24-6-4-3-5-7-24/h8-13,18,24H,3-7,14-17,19-20H2,1-2H3,(H,29,32). The van der Waals surface area contributed by atoms with Crippen LogP contribution in [0, 0.1) is 13.8 Å². The van der Waals surface area contributed by atoms with Gasteiger partial charge in [0.2, 0.25) is 0 Å². The first kappa shape index (κ1) is 21.5. The van der Waals surface area contributed by atoms with Gasteiger partial charge in [0.1, 0.15) is 0 Å². The highest BCUT2D eigenvalue weighted by atomic mass is 16.2. The van der Waals surface area contributed by atoms with Crippen LogP contribution in [0.4, 0.5) is 10.5 Å². The zero-order valence-electron chi connectivity index (χ0n) is 19.7. The fraction of sp³-hybridized carbons (Fsp3) is 0.536. The fourth-order valence-electron chi connectivity index (χ4n) is 5.98. The van der Waals surface area contributed by atoms with Gasteiger partial charge in [-0.05, 0) is 69.8 Å². The number of nitrogens with one attached hydrogen (secondary N) is 1. The summed E-state index contributed by atoms with van der Waals surface area (Å²) in [5.74, 6) is 0. The Hall–Kier alpha value is -2.33. The Morgan fingerprint density at radius 2 is 1.66 bits per heavy atom. The van der Waals surface area contributed by atoms with Gasteiger partial charge in [-0.15, -0.1) is 0 Å². The summed E-state index contributed by atoms with van der Waals surface area (Å²) >= 11 is 0. The molecule has 1 aliphatic carbocycles. The van der Waals surface area contributed by atoms with Crippen LogP contribution in [0.3, 0.4) is 0 Å². The summed E-state index contributed by atoms with van der Waals surface area (Å²) in [7, 11) is 0. The SMILES string of the molecule is Cc1ccc(CN2CCC3(CC2)CN(C(=O)NC2CCCCC2)c2ccc(C)cc23)cc1. The maximum absolute atomic E-state index is 13.3. The molecule has 2 amide bonds. The predicted octanol–water partition coefficient (Wildman–Crippen LogP) is 5.70. The fourth-order valence-corrected chi connectivity index (χ4v) is 5.98. The minimum Gasteiger partial charge on any atom is -0.335 e. The molecule has 2 fully saturated rings. The number of benzene rings is 2. The number of rotatable bonds is 3. The van der Waals surface area contributed by atoms with Crippen molar-refractivity contribution in [2.24, 2.45) is 0 Å². The second-order valence-corrected chi connectivity index (χ2v) is 10.4. The summed E-state index contributed by atoms with van der Waals surface area (Å²) in [5.41, 5.74) is 6.62. The van der Waals surface area contributed by atoms with Gasteiger partial charge in [0.15, 0.2) is 0 Å². The van der Waals surface area contributed by atoms with Crippen molar-refractivity contribution in [3.8, 4) is 0 Å². The summed E-state index contributed by atoms with van der Waals surface area (Å²) in [6.07, 6.45) is 8.26. The molecule has 1 N–H and O–H groups in total. The summed E-state index contributed by atoms with van der Waals surface area (Å²) in [6, 6.07) is 16.1. The molecule has 4 nitrogen and oxygen atoms in total. The van der Waals surface area contributed by atoms with E-state index in [0.717, 1.165) is 57.5 Å². The second-order valence-electron chi connectivity index (χ2n) is 10.4. The van der Waals surface area contributed by atoms with E-state index < -0.39 is 0 Å². The quantitative estimate of drug-likeness (QED) is 0.677. The van der Waals surface area contributed by atoms with Crippen molar-refractivity contribution in [2.75, 3.05) is 24.5 Å². The number of fused-ring (bicyclic) bond motifs is 2. The number of piperidine rings is 1. The molecule has 2 heterocycles. The van der Waals surface area contributed by atoms with Gasteiger partial charge >= 0.3 is 6.03 Å². The minimum atomic E-state index is 0.0923. The molecule has 0 atom stereocenters. The Kier molecular flexibility index (Phi) is 5.98. The van der Waals surface area contributed by atoms with E-state index in [0.29, 0.717) is 6.04 Å². The van der Waals surface area contributed by atoms with E-state index >= 15 is 0 Å². The minimum absolute atomic E-state index is 0.0923. The van der Waals surface area contributed by atoms with Crippen LogP contribution in [0.25, 0.3) is 0 Å². The predicted molar refractivity (Wildman–Crippen MR) is 131 cm³/mol. The average molecular weight is 432 g/mol. The van der Waals surface area contributed by atoms with E-state index in [1.54, 1.807) is 0 Å². The van der Waals surface area contributed by atoms with Crippen LogP contribution in [-0.2, 0) is 12.0 Å². The molecule has 0 radical (unpaired) electrons. The normalized spacial score (nSPS) is 21.0. The van der Waals surface area contributed by atoms with Crippen molar-refractivity contribution in [1.82, 2.24) is 10.2 Å². The lowest BCUT2D eigenvalue weighted by atomic mass is 9.74. The number of hydrogen-bond donors (Lipinski definition) is 1. The molecule has 0 bridgehead atoms. The molecule has 170 valence electrons. The van der Waals surface area contributed by atoms with Crippen LogP contribution in [0.5, 0.6) is 0 Å². The largest absolute Gasteiger partial charge is 0.335 e. The highest BCUT2D eigenvalue weighted by molar-refractivity contribution is 5.95. The number of nitrogens with zero attached hydrogens (tertiary/aromatic N) is 2. The third-order valence-corrected chi connectivity index (χ3v) is 7.99. The third kappa shape index (κ3) is 4.30. The average Bonchev–Trinajstić information content (AvgIpc) is 3.11. The molecule has 3 aliphatic rings.